The molecule has 2 atom stereocenters. The van der Waals surface area contributed by atoms with Crippen molar-refractivity contribution < 1.29 is 5.11 Å². The van der Waals surface area contributed by atoms with Gasteiger partial charge in [-0.1, -0.05) is 32.9 Å². The highest BCUT2D eigenvalue weighted by molar-refractivity contribution is 5.01. The molecule has 0 aromatic rings. The Balaban J connectivity index is 2.71. The molecule has 0 radical (unpaired) electrons. The fourth-order valence-electron chi connectivity index (χ4n) is 2.09. The molecule has 2 unspecified atom stereocenters. The molecule has 0 heterocycles. The van der Waals surface area contributed by atoms with Gasteiger partial charge in [-0.15, -0.1) is 0 Å². The lowest BCUT2D eigenvalue weighted by Crippen LogP contribution is -2.30. The fraction of sp³-hybridized carbons (Fsp3) is 0.818. The average Bonchev–Trinajstić information content (AvgIpc) is 2.03. The van der Waals surface area contributed by atoms with Crippen LogP contribution in [0.2, 0.25) is 0 Å². The minimum Gasteiger partial charge on any atom is -0.396 e. The van der Waals surface area contributed by atoms with Gasteiger partial charge in [-0.2, -0.15) is 0 Å². The first-order valence-corrected chi connectivity index (χ1v) is 4.83. The summed E-state index contributed by atoms with van der Waals surface area (Å²) >= 11 is 0. The van der Waals surface area contributed by atoms with E-state index in [4.69, 9.17) is 0 Å². The number of rotatable bonds is 1. The third-order valence-corrected chi connectivity index (χ3v) is 2.79. The molecule has 0 saturated carbocycles. The highest BCUT2D eigenvalue weighted by Gasteiger charge is 2.30. The van der Waals surface area contributed by atoms with Crippen molar-refractivity contribution in [2.75, 3.05) is 6.61 Å². The molecule has 0 aromatic carbocycles. The van der Waals surface area contributed by atoms with E-state index in [0.717, 1.165) is 12.8 Å². The molecule has 1 heteroatoms. The zero-order valence-electron chi connectivity index (χ0n) is 8.38. The molecular weight excluding hydrogens is 148 g/mol. The summed E-state index contributed by atoms with van der Waals surface area (Å²) in [4.78, 5) is 0. The van der Waals surface area contributed by atoms with Crippen LogP contribution >= 0.6 is 0 Å². The van der Waals surface area contributed by atoms with Gasteiger partial charge in [0, 0.05) is 6.61 Å². The number of allylic oxidation sites excluding steroid dienone is 2. The van der Waals surface area contributed by atoms with Crippen molar-refractivity contribution in [3.63, 3.8) is 0 Å². The summed E-state index contributed by atoms with van der Waals surface area (Å²) in [6, 6.07) is 0. The van der Waals surface area contributed by atoms with E-state index in [2.05, 4.69) is 32.9 Å². The molecule has 0 bridgehead atoms. The van der Waals surface area contributed by atoms with Gasteiger partial charge in [0.1, 0.15) is 0 Å². The van der Waals surface area contributed by atoms with E-state index in [1.54, 1.807) is 0 Å². The second-order valence-corrected chi connectivity index (χ2v) is 4.84. The topological polar surface area (TPSA) is 20.2 Å². The van der Waals surface area contributed by atoms with Crippen LogP contribution in [0, 0.1) is 17.3 Å². The maximum Gasteiger partial charge on any atom is 0.0465 e. The van der Waals surface area contributed by atoms with Gasteiger partial charge in [-0.25, -0.2) is 0 Å². The summed E-state index contributed by atoms with van der Waals surface area (Å²) in [6.45, 7) is 7.08. The van der Waals surface area contributed by atoms with Crippen LogP contribution < -0.4 is 0 Å². The molecule has 12 heavy (non-hydrogen) atoms. The average molecular weight is 168 g/mol. The molecule has 1 rings (SSSR count). The fourth-order valence-corrected chi connectivity index (χ4v) is 2.09. The molecule has 0 fully saturated rings. The van der Waals surface area contributed by atoms with Gasteiger partial charge < -0.3 is 5.11 Å². The largest absolute Gasteiger partial charge is 0.396 e. The van der Waals surface area contributed by atoms with Crippen LogP contribution in [0.3, 0.4) is 0 Å². The first-order valence-electron chi connectivity index (χ1n) is 4.83. The van der Waals surface area contributed by atoms with Crippen molar-refractivity contribution in [2.24, 2.45) is 17.3 Å². The van der Waals surface area contributed by atoms with Gasteiger partial charge in [0.05, 0.1) is 0 Å². The molecule has 70 valence electrons. The van der Waals surface area contributed by atoms with Gasteiger partial charge in [-0.3, -0.25) is 0 Å². The number of hydrogen-bond acceptors (Lipinski definition) is 1. The summed E-state index contributed by atoms with van der Waals surface area (Å²) in [5, 5.41) is 9.19. The van der Waals surface area contributed by atoms with Gasteiger partial charge in [-0.05, 0) is 30.1 Å². The first-order chi connectivity index (χ1) is 5.55. The van der Waals surface area contributed by atoms with Gasteiger partial charge in [0.2, 0.25) is 0 Å². The molecule has 0 saturated heterocycles. The quantitative estimate of drug-likeness (QED) is 0.597. The van der Waals surface area contributed by atoms with Crippen LogP contribution in [-0.2, 0) is 0 Å². The van der Waals surface area contributed by atoms with E-state index in [1.165, 1.54) is 0 Å². The van der Waals surface area contributed by atoms with Gasteiger partial charge in [0.25, 0.3) is 0 Å². The minimum absolute atomic E-state index is 0.296. The van der Waals surface area contributed by atoms with Crippen molar-refractivity contribution in [3.05, 3.63) is 12.2 Å². The highest BCUT2D eigenvalue weighted by atomic mass is 16.3. The van der Waals surface area contributed by atoms with Crippen molar-refractivity contribution in [3.8, 4) is 0 Å². The van der Waals surface area contributed by atoms with Crippen LogP contribution in [0.5, 0.6) is 0 Å². The Bertz CT molecular complexity index is 164. The maximum absolute atomic E-state index is 9.19. The van der Waals surface area contributed by atoms with Gasteiger partial charge >= 0.3 is 0 Å². The number of aliphatic hydroxyl groups excluding tert-OH is 1. The molecule has 0 spiro atoms. The molecule has 0 amide bonds. The minimum atomic E-state index is 0.296. The molecule has 1 nitrogen and oxygen atoms in total. The molecule has 1 aliphatic rings. The molecule has 1 N–H and O–H groups in total. The van der Waals surface area contributed by atoms with E-state index >= 15 is 0 Å². The van der Waals surface area contributed by atoms with Crippen molar-refractivity contribution in [1.29, 1.82) is 0 Å². The second-order valence-electron chi connectivity index (χ2n) is 4.84. The van der Waals surface area contributed by atoms with Crippen LogP contribution in [0.4, 0.5) is 0 Å². The number of aliphatic hydroxyl groups is 1. The van der Waals surface area contributed by atoms with E-state index in [9.17, 15) is 5.11 Å². The van der Waals surface area contributed by atoms with Crippen molar-refractivity contribution >= 4 is 0 Å². The Labute approximate surface area is 75.5 Å². The van der Waals surface area contributed by atoms with E-state index in [1.807, 2.05) is 0 Å². The highest BCUT2D eigenvalue weighted by Crippen LogP contribution is 2.37. The smallest absolute Gasteiger partial charge is 0.0465 e. The molecule has 0 aromatic heterocycles. The normalized spacial score (nSPS) is 30.7. The summed E-state index contributed by atoms with van der Waals surface area (Å²) in [5.41, 5.74) is 0.296. The van der Waals surface area contributed by atoms with Crippen LogP contribution in [0.1, 0.15) is 33.6 Å². The van der Waals surface area contributed by atoms with Gasteiger partial charge in [0.15, 0.2) is 0 Å². The predicted molar refractivity (Wildman–Crippen MR) is 51.9 cm³/mol. The summed E-state index contributed by atoms with van der Waals surface area (Å²) in [6.07, 6.45) is 6.82. The third-order valence-electron chi connectivity index (χ3n) is 2.79. The molecule has 1 aliphatic carbocycles. The van der Waals surface area contributed by atoms with Crippen LogP contribution in [0.25, 0.3) is 0 Å². The third kappa shape index (κ3) is 2.10. The Morgan fingerprint density at radius 1 is 1.42 bits per heavy atom. The van der Waals surface area contributed by atoms with E-state index in [0.29, 0.717) is 23.9 Å². The predicted octanol–water partition coefficient (Wildman–Crippen LogP) is 2.61. The van der Waals surface area contributed by atoms with E-state index in [-0.39, 0.29) is 0 Å². The first kappa shape index (κ1) is 9.79. The summed E-state index contributed by atoms with van der Waals surface area (Å²) in [7, 11) is 0. The Hall–Kier alpha value is -0.300. The lowest BCUT2D eigenvalue weighted by molar-refractivity contribution is 0.118. The maximum atomic E-state index is 9.19. The van der Waals surface area contributed by atoms with Crippen LogP contribution in [0.15, 0.2) is 12.2 Å². The summed E-state index contributed by atoms with van der Waals surface area (Å²) < 4.78 is 0. The lowest BCUT2D eigenvalue weighted by Gasteiger charge is -2.36. The Kier molecular flexibility index (Phi) is 2.94. The Morgan fingerprint density at radius 3 is 2.50 bits per heavy atom. The SMILES string of the molecule is CC(C)(C)C1C=CCCC1CO. The molecule has 0 aliphatic heterocycles. The zero-order valence-corrected chi connectivity index (χ0v) is 8.38. The molecular formula is C11H20O. The Morgan fingerprint density at radius 2 is 2.08 bits per heavy atom. The van der Waals surface area contributed by atoms with Crippen molar-refractivity contribution in [1.82, 2.24) is 0 Å². The van der Waals surface area contributed by atoms with Crippen LogP contribution in [-0.4, -0.2) is 11.7 Å². The monoisotopic (exact) mass is 168 g/mol. The lowest BCUT2D eigenvalue weighted by atomic mass is 9.70. The van der Waals surface area contributed by atoms with E-state index < -0.39 is 0 Å². The zero-order chi connectivity index (χ0) is 9.19. The standard InChI is InChI=1S/C11H20O/c1-11(2,3)10-7-5-4-6-9(10)8-12/h5,7,9-10,12H,4,6,8H2,1-3H3. The van der Waals surface area contributed by atoms with Crippen molar-refractivity contribution in [2.45, 2.75) is 33.6 Å². The summed E-state index contributed by atoms with van der Waals surface area (Å²) in [5.74, 6) is 1.03. The second kappa shape index (κ2) is 3.61. The number of hydrogen-bond donors (Lipinski definition) is 1.